The van der Waals surface area contributed by atoms with E-state index in [4.69, 9.17) is 11.6 Å². The number of halogens is 3. The predicted octanol–water partition coefficient (Wildman–Crippen LogP) is 4.06. The lowest BCUT2D eigenvalue weighted by atomic mass is 10.1. The second-order valence-electron chi connectivity index (χ2n) is 7.06. The van der Waals surface area contributed by atoms with E-state index in [9.17, 15) is 14.0 Å². The molecule has 0 bridgehead atoms. The number of hydrogen-bond acceptors (Lipinski definition) is 5. The topological polar surface area (TPSA) is 88.6 Å². The third kappa shape index (κ3) is 4.38. The number of hydroxylamine groups is 1. The molecular weight excluding hydrogens is 414 g/mol. The number of imidazole rings is 1. The van der Waals surface area contributed by atoms with Gasteiger partial charge in [-0.05, 0) is 50.2 Å². The molecule has 0 unspecified atom stereocenters. The van der Waals surface area contributed by atoms with Gasteiger partial charge in [0.2, 0.25) is 5.95 Å². The van der Waals surface area contributed by atoms with Crippen LogP contribution in [0.3, 0.4) is 0 Å². The van der Waals surface area contributed by atoms with E-state index in [1.54, 1.807) is 24.3 Å². The van der Waals surface area contributed by atoms with E-state index in [2.05, 4.69) is 25.2 Å². The van der Waals surface area contributed by atoms with Crippen LogP contribution in [0.25, 0.3) is 11.0 Å². The van der Waals surface area contributed by atoms with Crippen LogP contribution < -0.4 is 10.8 Å². The van der Waals surface area contributed by atoms with E-state index in [1.807, 2.05) is 5.48 Å². The lowest BCUT2D eigenvalue weighted by Gasteiger charge is -2.14. The van der Waals surface area contributed by atoms with Crippen LogP contribution in [0.2, 0.25) is 5.02 Å². The summed E-state index contributed by atoms with van der Waals surface area (Å²) < 4.78 is 28.6. The Bertz CT molecular complexity index is 1080. The molecule has 1 aliphatic rings. The molecule has 4 N–H and O–H groups in total. The quantitative estimate of drug-likeness (QED) is 0.267. The first kappa shape index (κ1) is 20.5. The number of amidine groups is 1. The van der Waals surface area contributed by atoms with Crippen LogP contribution in [-0.2, 0) is 0 Å². The summed E-state index contributed by atoms with van der Waals surface area (Å²) in [6, 6.07) is 7.57. The molecule has 1 aliphatic heterocycles. The van der Waals surface area contributed by atoms with Crippen LogP contribution in [0.4, 0.5) is 20.4 Å². The van der Waals surface area contributed by atoms with Gasteiger partial charge in [-0.2, -0.15) is 0 Å². The fraction of sp³-hybridized carbons (Fsp3) is 0.300. The highest BCUT2D eigenvalue weighted by molar-refractivity contribution is 6.30. The number of rotatable bonds is 6. The molecule has 0 spiro atoms. The van der Waals surface area contributed by atoms with Gasteiger partial charge in [0.15, 0.2) is 17.5 Å². The van der Waals surface area contributed by atoms with Gasteiger partial charge in [-0.15, -0.1) is 0 Å². The summed E-state index contributed by atoms with van der Waals surface area (Å²) in [6.45, 7) is 3.58. The average Bonchev–Trinajstić information content (AvgIpc) is 3.39. The molecule has 0 atom stereocenters. The Kier molecular flexibility index (Phi) is 6.12. The van der Waals surface area contributed by atoms with E-state index >= 15 is 0 Å². The largest absolute Gasteiger partial charge is 0.355 e. The Morgan fingerprint density at radius 3 is 2.80 bits per heavy atom. The SMILES string of the molecule is ONC(=Nc1cccc(Cl)c1)c1cc(F)c(F)c2nc(NCCN3CCCC3)[nH]c12. The van der Waals surface area contributed by atoms with Crippen molar-refractivity contribution in [1.29, 1.82) is 0 Å². The van der Waals surface area contributed by atoms with Crippen molar-refractivity contribution in [1.82, 2.24) is 20.3 Å². The summed E-state index contributed by atoms with van der Waals surface area (Å²) in [7, 11) is 0. The van der Waals surface area contributed by atoms with E-state index in [1.165, 1.54) is 12.8 Å². The maximum atomic E-state index is 14.4. The Morgan fingerprint density at radius 1 is 1.27 bits per heavy atom. The van der Waals surface area contributed by atoms with E-state index in [-0.39, 0.29) is 22.4 Å². The van der Waals surface area contributed by atoms with Crippen molar-refractivity contribution in [2.24, 2.45) is 4.99 Å². The van der Waals surface area contributed by atoms with Crippen LogP contribution in [0, 0.1) is 11.6 Å². The summed E-state index contributed by atoms with van der Waals surface area (Å²) in [5, 5.41) is 13.2. The van der Waals surface area contributed by atoms with Crippen molar-refractivity contribution < 1.29 is 14.0 Å². The number of H-pyrrole nitrogens is 1. The van der Waals surface area contributed by atoms with Gasteiger partial charge in [0, 0.05) is 23.7 Å². The van der Waals surface area contributed by atoms with Crippen molar-refractivity contribution in [2.75, 3.05) is 31.5 Å². The van der Waals surface area contributed by atoms with Gasteiger partial charge in [-0.25, -0.2) is 18.8 Å². The van der Waals surface area contributed by atoms with Gasteiger partial charge < -0.3 is 15.2 Å². The number of nitrogens with one attached hydrogen (secondary N) is 3. The zero-order valence-electron chi connectivity index (χ0n) is 16.1. The first-order valence-corrected chi connectivity index (χ1v) is 10.0. The molecule has 7 nitrogen and oxygen atoms in total. The molecule has 0 aliphatic carbocycles. The van der Waals surface area contributed by atoms with Gasteiger partial charge in [0.05, 0.1) is 11.2 Å². The lowest BCUT2D eigenvalue weighted by molar-refractivity contribution is 0.235. The molecular formula is C20H21ClF2N6O. The predicted molar refractivity (Wildman–Crippen MR) is 113 cm³/mol. The second-order valence-corrected chi connectivity index (χ2v) is 7.49. The number of aromatic nitrogens is 2. The number of hydrogen-bond donors (Lipinski definition) is 4. The van der Waals surface area contributed by atoms with Crippen LogP contribution >= 0.6 is 11.6 Å². The molecule has 30 heavy (non-hydrogen) atoms. The molecule has 158 valence electrons. The van der Waals surface area contributed by atoms with Gasteiger partial charge in [0.25, 0.3) is 0 Å². The summed E-state index contributed by atoms with van der Waals surface area (Å²) >= 11 is 5.97. The van der Waals surface area contributed by atoms with Crippen LogP contribution in [0.1, 0.15) is 18.4 Å². The number of fused-ring (bicyclic) bond motifs is 1. The van der Waals surface area contributed by atoms with Crippen molar-refractivity contribution in [3.63, 3.8) is 0 Å². The number of anilines is 1. The molecule has 2 heterocycles. The third-order valence-electron chi connectivity index (χ3n) is 4.99. The van der Waals surface area contributed by atoms with Crippen LogP contribution in [-0.4, -0.2) is 52.1 Å². The molecule has 0 radical (unpaired) electrons. The molecule has 1 saturated heterocycles. The van der Waals surface area contributed by atoms with E-state index < -0.39 is 11.6 Å². The highest BCUT2D eigenvalue weighted by Gasteiger charge is 2.20. The summed E-state index contributed by atoms with van der Waals surface area (Å²) in [6.07, 6.45) is 2.39. The summed E-state index contributed by atoms with van der Waals surface area (Å²) in [5.41, 5.74) is 2.55. The number of likely N-dealkylation sites (tertiary alicyclic amines) is 1. The third-order valence-corrected chi connectivity index (χ3v) is 5.23. The Hall–Kier alpha value is -2.75. The number of aliphatic imine (C=N–C) groups is 1. The van der Waals surface area contributed by atoms with Crippen LogP contribution in [0.15, 0.2) is 35.3 Å². The molecule has 10 heteroatoms. The van der Waals surface area contributed by atoms with Gasteiger partial charge in [-0.1, -0.05) is 17.7 Å². The summed E-state index contributed by atoms with van der Waals surface area (Å²) in [4.78, 5) is 13.7. The van der Waals surface area contributed by atoms with E-state index in [0.29, 0.717) is 23.2 Å². The van der Waals surface area contributed by atoms with Crippen LogP contribution in [0.5, 0.6) is 0 Å². The number of benzene rings is 2. The molecule has 1 fully saturated rings. The molecule has 0 saturated carbocycles. The summed E-state index contributed by atoms with van der Waals surface area (Å²) in [5.74, 6) is -1.93. The molecule has 0 amide bonds. The first-order valence-electron chi connectivity index (χ1n) is 9.64. The fourth-order valence-electron chi connectivity index (χ4n) is 3.53. The lowest BCUT2D eigenvalue weighted by Crippen LogP contribution is -2.26. The average molecular weight is 435 g/mol. The Labute approximate surface area is 176 Å². The Balaban J connectivity index is 1.66. The smallest absolute Gasteiger partial charge is 0.201 e. The zero-order valence-corrected chi connectivity index (χ0v) is 16.8. The van der Waals surface area contributed by atoms with Crippen molar-refractivity contribution in [2.45, 2.75) is 12.8 Å². The normalized spacial score (nSPS) is 15.1. The second kappa shape index (κ2) is 8.95. The fourth-order valence-corrected chi connectivity index (χ4v) is 3.72. The zero-order chi connectivity index (χ0) is 21.1. The maximum absolute atomic E-state index is 14.4. The molecule has 3 aromatic rings. The molecule has 4 rings (SSSR count). The maximum Gasteiger partial charge on any atom is 0.201 e. The highest BCUT2D eigenvalue weighted by Crippen LogP contribution is 2.26. The first-order chi connectivity index (χ1) is 14.5. The minimum Gasteiger partial charge on any atom is -0.355 e. The van der Waals surface area contributed by atoms with E-state index in [0.717, 1.165) is 25.7 Å². The van der Waals surface area contributed by atoms with Gasteiger partial charge in [-0.3, -0.25) is 10.7 Å². The van der Waals surface area contributed by atoms with Crippen molar-refractivity contribution in [3.8, 4) is 0 Å². The highest BCUT2D eigenvalue weighted by atomic mass is 35.5. The molecule has 2 aromatic carbocycles. The van der Waals surface area contributed by atoms with Gasteiger partial charge >= 0.3 is 0 Å². The van der Waals surface area contributed by atoms with Crippen molar-refractivity contribution in [3.05, 3.63) is 52.6 Å². The van der Waals surface area contributed by atoms with Crippen molar-refractivity contribution >= 4 is 40.1 Å². The standard InChI is InChI=1S/C20H21ClF2N6O/c21-12-4-3-5-13(10-12)25-19(28-30)14-11-15(22)16(23)18-17(14)26-20(27-18)24-6-9-29-7-1-2-8-29/h3-5,10-11,30H,1-2,6-9H2,(H,25,28)(H2,24,26,27). The number of nitrogens with zero attached hydrogens (tertiary/aromatic N) is 3. The minimum atomic E-state index is -1.10. The monoisotopic (exact) mass is 434 g/mol. The Morgan fingerprint density at radius 2 is 2.07 bits per heavy atom. The minimum absolute atomic E-state index is 0.0755. The van der Waals surface area contributed by atoms with Gasteiger partial charge in [0.1, 0.15) is 5.52 Å². The number of aromatic amines is 1. The molecule has 1 aromatic heterocycles.